The van der Waals surface area contributed by atoms with Gasteiger partial charge in [0.15, 0.2) is 0 Å². The second-order valence-corrected chi connectivity index (χ2v) is 3.93. The minimum absolute atomic E-state index is 0.325. The third-order valence-electron chi connectivity index (χ3n) is 1.36. The normalized spacial score (nSPS) is 10.1. The molecule has 66 valence electrons. The van der Waals surface area contributed by atoms with Gasteiger partial charge in [0.25, 0.3) is 0 Å². The van der Waals surface area contributed by atoms with Crippen molar-refractivity contribution in [1.29, 1.82) is 0 Å². The van der Waals surface area contributed by atoms with Gasteiger partial charge in [-0.2, -0.15) is 0 Å². The van der Waals surface area contributed by atoms with E-state index in [1.54, 1.807) is 23.9 Å². The number of hydrogen-bond acceptors (Lipinski definition) is 2. The fourth-order valence-electron chi connectivity index (χ4n) is 0.818. The second kappa shape index (κ2) is 5.33. The van der Waals surface area contributed by atoms with Gasteiger partial charge in [0.2, 0.25) is 0 Å². The van der Waals surface area contributed by atoms with Gasteiger partial charge in [-0.3, -0.25) is 0 Å². The molecule has 0 aliphatic rings. The smallest absolute Gasteiger partial charge is 0.116 e. The van der Waals surface area contributed by atoms with Crippen LogP contribution < -0.4 is 0 Å². The number of halogens is 1. The number of aromatic hydroxyl groups is 1. The zero-order chi connectivity index (χ0) is 8.81. The van der Waals surface area contributed by atoms with Crippen molar-refractivity contribution in [2.24, 2.45) is 0 Å². The molecule has 0 fully saturated rings. The summed E-state index contributed by atoms with van der Waals surface area (Å²) in [5.41, 5.74) is 0. The Kier molecular flexibility index (Phi) is 4.33. The predicted octanol–water partition coefficient (Wildman–Crippen LogP) is 3.11. The molecule has 0 saturated carbocycles. The third-order valence-corrected chi connectivity index (χ3v) is 2.71. The van der Waals surface area contributed by atoms with Crippen molar-refractivity contribution in [3.8, 4) is 5.75 Å². The maximum absolute atomic E-state index is 9.13. The highest BCUT2D eigenvalue weighted by atomic mass is 35.5. The van der Waals surface area contributed by atoms with Crippen LogP contribution in [-0.2, 0) is 0 Å². The molecule has 1 aromatic carbocycles. The average molecular weight is 203 g/mol. The van der Waals surface area contributed by atoms with Crippen LogP contribution >= 0.6 is 23.4 Å². The molecule has 1 aromatic rings. The summed E-state index contributed by atoms with van der Waals surface area (Å²) in [5.74, 6) is 2.03. The molecule has 0 saturated heterocycles. The highest BCUT2D eigenvalue weighted by Crippen LogP contribution is 2.22. The van der Waals surface area contributed by atoms with Crippen LogP contribution in [0.4, 0.5) is 0 Å². The summed E-state index contributed by atoms with van der Waals surface area (Å²) in [6, 6.07) is 7.27. The first-order chi connectivity index (χ1) is 5.83. The molecule has 0 unspecified atom stereocenters. The number of phenols is 1. The van der Waals surface area contributed by atoms with Crippen molar-refractivity contribution in [2.45, 2.75) is 11.3 Å². The summed E-state index contributed by atoms with van der Waals surface area (Å²) in [6.07, 6.45) is 1.00. The van der Waals surface area contributed by atoms with Crippen LogP contribution in [0, 0.1) is 0 Å². The van der Waals surface area contributed by atoms with E-state index in [1.165, 1.54) is 0 Å². The average Bonchev–Trinajstić information content (AvgIpc) is 2.05. The van der Waals surface area contributed by atoms with E-state index in [0.717, 1.165) is 17.1 Å². The monoisotopic (exact) mass is 202 g/mol. The Balaban J connectivity index is 2.41. The number of hydrogen-bond donors (Lipinski definition) is 1. The van der Waals surface area contributed by atoms with Crippen LogP contribution in [0.25, 0.3) is 0 Å². The second-order valence-electron chi connectivity index (χ2n) is 2.39. The lowest BCUT2D eigenvalue weighted by Gasteiger charge is -1.99. The maximum Gasteiger partial charge on any atom is 0.116 e. The van der Waals surface area contributed by atoms with Crippen molar-refractivity contribution in [3.63, 3.8) is 0 Å². The van der Waals surface area contributed by atoms with Crippen LogP contribution in [-0.4, -0.2) is 16.7 Å². The molecule has 1 nitrogen and oxygen atoms in total. The van der Waals surface area contributed by atoms with E-state index in [2.05, 4.69) is 0 Å². The van der Waals surface area contributed by atoms with Crippen molar-refractivity contribution >= 4 is 23.4 Å². The van der Waals surface area contributed by atoms with Crippen molar-refractivity contribution < 1.29 is 5.11 Å². The molecule has 0 aliphatic carbocycles. The maximum atomic E-state index is 9.13. The molecular formula is C9H11ClOS. The minimum atomic E-state index is 0.325. The van der Waals surface area contributed by atoms with E-state index < -0.39 is 0 Å². The molecule has 0 heterocycles. The number of phenolic OH excluding ortho intramolecular Hbond substituents is 1. The standard InChI is InChI=1S/C9H11ClOS/c10-5-2-6-12-9-4-1-3-8(11)7-9/h1,3-4,7,11H,2,5-6H2. The Morgan fingerprint density at radius 3 is 2.92 bits per heavy atom. The predicted molar refractivity (Wildman–Crippen MR) is 54.2 cm³/mol. The Bertz CT molecular complexity index is 240. The number of thioether (sulfide) groups is 1. The van der Waals surface area contributed by atoms with Crippen molar-refractivity contribution in [2.75, 3.05) is 11.6 Å². The fourth-order valence-corrected chi connectivity index (χ4v) is 2.01. The molecule has 3 heteroatoms. The summed E-state index contributed by atoms with van der Waals surface area (Å²) in [6.45, 7) is 0. The Morgan fingerprint density at radius 1 is 1.42 bits per heavy atom. The Hall–Kier alpha value is -0.340. The van der Waals surface area contributed by atoms with E-state index >= 15 is 0 Å². The SMILES string of the molecule is Oc1cccc(SCCCCl)c1. The largest absolute Gasteiger partial charge is 0.508 e. The highest BCUT2D eigenvalue weighted by Gasteiger charge is 1.94. The van der Waals surface area contributed by atoms with Gasteiger partial charge in [-0.05, 0) is 30.4 Å². The van der Waals surface area contributed by atoms with Gasteiger partial charge < -0.3 is 5.11 Å². The van der Waals surface area contributed by atoms with E-state index in [9.17, 15) is 0 Å². The first-order valence-electron chi connectivity index (χ1n) is 3.81. The molecule has 0 atom stereocenters. The highest BCUT2D eigenvalue weighted by molar-refractivity contribution is 7.99. The van der Waals surface area contributed by atoms with Crippen molar-refractivity contribution in [3.05, 3.63) is 24.3 Å². The van der Waals surface area contributed by atoms with Crippen LogP contribution in [0.3, 0.4) is 0 Å². The number of benzene rings is 1. The van der Waals surface area contributed by atoms with E-state index in [-0.39, 0.29) is 0 Å². The number of alkyl halides is 1. The van der Waals surface area contributed by atoms with Gasteiger partial charge in [-0.15, -0.1) is 23.4 Å². The fraction of sp³-hybridized carbons (Fsp3) is 0.333. The molecule has 0 aromatic heterocycles. The summed E-state index contributed by atoms with van der Waals surface area (Å²) < 4.78 is 0. The van der Waals surface area contributed by atoms with Gasteiger partial charge >= 0.3 is 0 Å². The lowest BCUT2D eigenvalue weighted by atomic mass is 10.3. The van der Waals surface area contributed by atoms with E-state index in [1.807, 2.05) is 12.1 Å². The summed E-state index contributed by atoms with van der Waals surface area (Å²) in [4.78, 5) is 1.10. The van der Waals surface area contributed by atoms with E-state index in [4.69, 9.17) is 16.7 Å². The quantitative estimate of drug-likeness (QED) is 0.460. The minimum Gasteiger partial charge on any atom is -0.508 e. The first-order valence-corrected chi connectivity index (χ1v) is 5.33. The molecule has 0 aliphatic heterocycles. The molecule has 1 N–H and O–H groups in total. The topological polar surface area (TPSA) is 20.2 Å². The van der Waals surface area contributed by atoms with Crippen LogP contribution in [0.1, 0.15) is 6.42 Å². The molecule has 0 spiro atoms. The summed E-state index contributed by atoms with van der Waals surface area (Å²) >= 11 is 7.25. The molecule has 12 heavy (non-hydrogen) atoms. The molecule has 1 rings (SSSR count). The third kappa shape index (κ3) is 3.37. The van der Waals surface area contributed by atoms with Gasteiger partial charge in [-0.1, -0.05) is 6.07 Å². The first kappa shape index (κ1) is 9.75. The molecule has 0 bridgehead atoms. The van der Waals surface area contributed by atoms with Gasteiger partial charge in [0.1, 0.15) is 5.75 Å². The number of rotatable bonds is 4. The van der Waals surface area contributed by atoms with Crippen LogP contribution in [0.2, 0.25) is 0 Å². The zero-order valence-corrected chi connectivity index (χ0v) is 8.24. The lowest BCUT2D eigenvalue weighted by molar-refractivity contribution is 0.474. The molecule has 0 radical (unpaired) electrons. The summed E-state index contributed by atoms with van der Waals surface area (Å²) in [7, 11) is 0. The van der Waals surface area contributed by atoms with Crippen molar-refractivity contribution in [1.82, 2.24) is 0 Å². The van der Waals surface area contributed by atoms with Gasteiger partial charge in [0, 0.05) is 10.8 Å². The van der Waals surface area contributed by atoms with E-state index in [0.29, 0.717) is 11.6 Å². The van der Waals surface area contributed by atoms with Gasteiger partial charge in [-0.25, -0.2) is 0 Å². The van der Waals surface area contributed by atoms with Crippen LogP contribution in [0.15, 0.2) is 29.2 Å². The summed E-state index contributed by atoms with van der Waals surface area (Å²) in [5, 5.41) is 9.13. The Morgan fingerprint density at radius 2 is 2.25 bits per heavy atom. The molecular weight excluding hydrogens is 192 g/mol. The van der Waals surface area contributed by atoms with Crippen LogP contribution in [0.5, 0.6) is 5.75 Å². The molecule has 0 amide bonds. The van der Waals surface area contributed by atoms with Gasteiger partial charge in [0.05, 0.1) is 0 Å². The Labute approximate surface area is 81.7 Å². The lowest BCUT2D eigenvalue weighted by Crippen LogP contribution is -1.80. The zero-order valence-electron chi connectivity index (χ0n) is 6.66.